The monoisotopic (exact) mass is 346 g/mol. The van der Waals surface area contributed by atoms with Crippen molar-refractivity contribution in [3.05, 3.63) is 24.3 Å². The second kappa shape index (κ2) is 19.4. The molecule has 4 N–H and O–H groups in total. The van der Waals surface area contributed by atoms with Crippen molar-refractivity contribution in [3.63, 3.8) is 0 Å². The highest BCUT2D eigenvalue weighted by atomic mass is 16.4. The molecule has 0 saturated carbocycles. The van der Waals surface area contributed by atoms with Gasteiger partial charge in [-0.15, -0.1) is 0 Å². The van der Waals surface area contributed by atoms with E-state index in [0.717, 1.165) is 12.8 Å². The summed E-state index contributed by atoms with van der Waals surface area (Å²) in [5.74, 6) is -1.87. The molecule has 0 aromatic heterocycles. The fourth-order valence-electron chi connectivity index (χ4n) is 1.25. The van der Waals surface area contributed by atoms with Crippen LogP contribution in [0.5, 0.6) is 0 Å². The minimum atomic E-state index is -0.935. The summed E-state index contributed by atoms with van der Waals surface area (Å²) in [6.07, 6.45) is 7.68. The smallest absolute Gasteiger partial charge is 0.330 e. The van der Waals surface area contributed by atoms with Crippen molar-refractivity contribution in [3.8, 4) is 0 Å². The van der Waals surface area contributed by atoms with Crippen LogP contribution in [0.15, 0.2) is 24.3 Å². The first-order valence-corrected chi connectivity index (χ1v) is 8.16. The third-order valence-electron chi connectivity index (χ3n) is 2.83. The largest absolute Gasteiger partial charge is 0.478 e. The second-order valence-electron chi connectivity index (χ2n) is 5.56. The van der Waals surface area contributed by atoms with Crippen molar-refractivity contribution in [2.24, 2.45) is 0 Å². The average Bonchev–Trinajstić information content (AvgIpc) is 2.51. The van der Waals surface area contributed by atoms with Gasteiger partial charge < -0.3 is 20.4 Å². The zero-order valence-corrected chi connectivity index (χ0v) is 15.3. The van der Waals surface area contributed by atoms with Crippen LogP contribution in [0.1, 0.15) is 65.7 Å². The number of hydrogen-bond acceptors (Lipinski definition) is 4. The fourth-order valence-corrected chi connectivity index (χ4v) is 1.25. The van der Waals surface area contributed by atoms with E-state index in [9.17, 15) is 9.59 Å². The molecule has 0 bridgehead atoms. The van der Waals surface area contributed by atoms with E-state index in [4.69, 9.17) is 20.4 Å². The van der Waals surface area contributed by atoms with Gasteiger partial charge in [0.2, 0.25) is 0 Å². The van der Waals surface area contributed by atoms with Gasteiger partial charge in [0, 0.05) is 11.1 Å². The van der Waals surface area contributed by atoms with Crippen molar-refractivity contribution in [2.75, 3.05) is 6.61 Å². The van der Waals surface area contributed by atoms with Crippen molar-refractivity contribution in [1.29, 1.82) is 0 Å². The molecule has 0 aliphatic carbocycles. The molecule has 24 heavy (non-hydrogen) atoms. The van der Waals surface area contributed by atoms with Gasteiger partial charge >= 0.3 is 11.9 Å². The Balaban J connectivity index is -0.000000309. The number of rotatable bonds is 10. The van der Waals surface area contributed by atoms with Crippen LogP contribution in [-0.4, -0.2) is 45.1 Å². The standard InChI is InChI=1S/C10H22O2.2C4H6O2/c1-2-3-4-5-6-7-8-10(12)9-11;2*1-3(2)4(5)6/h10-12H,2-9H2,1H3;2*1H2,2H3,(H,5,6). The van der Waals surface area contributed by atoms with Crippen LogP contribution in [0, 0.1) is 0 Å². The van der Waals surface area contributed by atoms with Crippen molar-refractivity contribution in [1.82, 2.24) is 0 Å². The van der Waals surface area contributed by atoms with Crippen molar-refractivity contribution >= 4 is 11.9 Å². The molecular weight excluding hydrogens is 312 g/mol. The van der Waals surface area contributed by atoms with Gasteiger partial charge in [-0.2, -0.15) is 0 Å². The average molecular weight is 346 g/mol. The van der Waals surface area contributed by atoms with Crippen molar-refractivity contribution < 1.29 is 30.0 Å². The molecule has 6 heteroatoms. The second-order valence-corrected chi connectivity index (χ2v) is 5.56. The quantitative estimate of drug-likeness (QED) is 0.356. The van der Waals surface area contributed by atoms with Gasteiger partial charge in [-0.3, -0.25) is 0 Å². The molecule has 0 aliphatic rings. The molecule has 0 aromatic rings. The Morgan fingerprint density at radius 3 is 1.50 bits per heavy atom. The van der Waals surface area contributed by atoms with E-state index in [1.54, 1.807) is 0 Å². The molecule has 0 aliphatic heterocycles. The van der Waals surface area contributed by atoms with Gasteiger partial charge in [-0.25, -0.2) is 9.59 Å². The molecule has 6 nitrogen and oxygen atoms in total. The van der Waals surface area contributed by atoms with Crippen LogP contribution in [-0.2, 0) is 9.59 Å². The zero-order chi connectivity index (χ0) is 19.5. The SMILES string of the molecule is C=C(C)C(=O)O.C=C(C)C(=O)O.CCCCCCCCC(O)CO. The molecule has 0 radical (unpaired) electrons. The van der Waals surface area contributed by atoms with E-state index in [-0.39, 0.29) is 17.8 Å². The number of carboxylic acid groups (broad SMARTS) is 2. The fraction of sp³-hybridized carbons (Fsp3) is 0.667. The molecule has 0 rings (SSSR count). The Hall–Kier alpha value is -1.66. The number of hydrogen-bond donors (Lipinski definition) is 4. The van der Waals surface area contributed by atoms with Crippen LogP contribution >= 0.6 is 0 Å². The highest BCUT2D eigenvalue weighted by Crippen LogP contribution is 2.08. The van der Waals surface area contributed by atoms with E-state index in [0.29, 0.717) is 0 Å². The lowest BCUT2D eigenvalue weighted by Crippen LogP contribution is -2.10. The van der Waals surface area contributed by atoms with E-state index >= 15 is 0 Å². The predicted molar refractivity (Wildman–Crippen MR) is 96.0 cm³/mol. The van der Waals surface area contributed by atoms with Gasteiger partial charge in [-0.05, 0) is 20.3 Å². The van der Waals surface area contributed by atoms with Crippen molar-refractivity contribution in [2.45, 2.75) is 71.8 Å². The van der Waals surface area contributed by atoms with Crippen LogP contribution in [0.25, 0.3) is 0 Å². The van der Waals surface area contributed by atoms with E-state index in [2.05, 4.69) is 20.1 Å². The maximum absolute atomic E-state index is 9.60. The van der Waals surface area contributed by atoms with E-state index < -0.39 is 18.0 Å². The number of aliphatic hydroxyl groups is 2. The third-order valence-corrected chi connectivity index (χ3v) is 2.83. The van der Waals surface area contributed by atoms with Crippen LogP contribution in [0.4, 0.5) is 0 Å². The molecule has 0 aromatic carbocycles. The summed E-state index contributed by atoms with van der Waals surface area (Å²) in [6, 6.07) is 0. The van der Waals surface area contributed by atoms with Crippen LogP contribution in [0.2, 0.25) is 0 Å². The first-order chi connectivity index (χ1) is 11.1. The Morgan fingerprint density at radius 1 is 0.875 bits per heavy atom. The van der Waals surface area contributed by atoms with Gasteiger partial charge in [0.25, 0.3) is 0 Å². The number of aliphatic hydroxyl groups excluding tert-OH is 2. The number of carboxylic acids is 2. The molecule has 142 valence electrons. The Morgan fingerprint density at radius 2 is 1.21 bits per heavy atom. The summed E-state index contributed by atoms with van der Waals surface area (Å²) >= 11 is 0. The van der Waals surface area contributed by atoms with Gasteiger partial charge in [-0.1, -0.05) is 58.6 Å². The predicted octanol–water partition coefficient (Wildman–Crippen LogP) is 3.38. The molecule has 0 amide bonds. The van der Waals surface area contributed by atoms with E-state index in [1.165, 1.54) is 46.0 Å². The maximum atomic E-state index is 9.60. The third kappa shape index (κ3) is 28.5. The molecule has 0 heterocycles. The molecule has 1 atom stereocenters. The van der Waals surface area contributed by atoms with E-state index in [1.807, 2.05) is 0 Å². The van der Waals surface area contributed by atoms with Crippen LogP contribution in [0.3, 0.4) is 0 Å². The maximum Gasteiger partial charge on any atom is 0.330 e. The minimum absolute atomic E-state index is 0.0883. The number of aliphatic carboxylic acids is 2. The molecule has 0 fully saturated rings. The minimum Gasteiger partial charge on any atom is -0.478 e. The number of carbonyl (C=O) groups is 2. The van der Waals surface area contributed by atoms with Gasteiger partial charge in [0.15, 0.2) is 0 Å². The normalized spacial score (nSPS) is 10.4. The molecule has 1 unspecified atom stereocenters. The summed E-state index contributed by atoms with van der Waals surface area (Å²) in [6.45, 7) is 11.3. The summed E-state index contributed by atoms with van der Waals surface area (Å²) in [4.78, 5) is 19.2. The Bertz CT molecular complexity index is 315. The lowest BCUT2D eigenvalue weighted by atomic mass is 10.1. The first-order valence-electron chi connectivity index (χ1n) is 8.16. The summed E-state index contributed by atoms with van der Waals surface area (Å²) in [5.41, 5.74) is 0.352. The first kappa shape index (κ1) is 27.2. The number of unbranched alkanes of at least 4 members (excludes halogenated alkanes) is 5. The molecule has 0 spiro atoms. The lowest BCUT2D eigenvalue weighted by Gasteiger charge is -2.05. The Labute approximate surface area is 145 Å². The topological polar surface area (TPSA) is 115 Å². The molecule has 0 saturated heterocycles. The Kier molecular flexibility index (Phi) is 22.0. The molecular formula is C18H34O6. The van der Waals surface area contributed by atoms with Crippen LogP contribution < -0.4 is 0 Å². The highest BCUT2D eigenvalue weighted by molar-refractivity contribution is 5.85. The summed E-state index contributed by atoms with van der Waals surface area (Å²) in [7, 11) is 0. The lowest BCUT2D eigenvalue weighted by molar-refractivity contribution is -0.133. The summed E-state index contributed by atoms with van der Waals surface area (Å²) in [5, 5.41) is 33.3. The van der Waals surface area contributed by atoms with Gasteiger partial charge in [0.05, 0.1) is 12.7 Å². The van der Waals surface area contributed by atoms with Gasteiger partial charge in [0.1, 0.15) is 0 Å². The summed E-state index contributed by atoms with van der Waals surface area (Å²) < 4.78 is 0. The highest BCUT2D eigenvalue weighted by Gasteiger charge is 2.00. The zero-order valence-electron chi connectivity index (χ0n) is 15.3.